The fraction of sp³-hybridized carbons (Fsp3) is 0.259. The van der Waals surface area contributed by atoms with Gasteiger partial charge in [-0.2, -0.15) is 5.10 Å². The van der Waals surface area contributed by atoms with Crippen molar-refractivity contribution < 1.29 is 23.8 Å². The minimum Gasteiger partial charge on any atom is -0.485 e. The van der Waals surface area contributed by atoms with E-state index < -0.39 is 11.8 Å². The van der Waals surface area contributed by atoms with E-state index in [9.17, 15) is 14.7 Å². The summed E-state index contributed by atoms with van der Waals surface area (Å²) in [6.07, 6.45) is 2.84. The Labute approximate surface area is 215 Å². The molecular formula is C27H23FN4O4S. The Hall–Kier alpha value is -4.05. The van der Waals surface area contributed by atoms with Gasteiger partial charge in [0.1, 0.15) is 12.3 Å². The number of aliphatic carboxylic acids is 1. The van der Waals surface area contributed by atoms with Crippen LogP contribution >= 0.6 is 11.3 Å². The molecule has 1 aromatic carbocycles. The number of carboxylic acid groups (broad SMARTS) is 1. The molecule has 2 aliphatic rings. The second-order valence-electron chi connectivity index (χ2n) is 9.12. The average molecular weight is 519 g/mol. The van der Waals surface area contributed by atoms with Gasteiger partial charge in [-0.05, 0) is 55.0 Å². The molecule has 1 atom stereocenters. The van der Waals surface area contributed by atoms with Crippen LogP contribution in [-0.4, -0.2) is 49.6 Å². The number of aromatic nitrogens is 3. The van der Waals surface area contributed by atoms with Crippen molar-refractivity contribution in [2.24, 2.45) is 0 Å². The van der Waals surface area contributed by atoms with Gasteiger partial charge in [-0.3, -0.25) is 4.79 Å². The Kier molecular flexibility index (Phi) is 5.56. The molecule has 188 valence electrons. The number of thiophene rings is 1. The molecule has 8 nitrogen and oxygen atoms in total. The third-order valence-electron chi connectivity index (χ3n) is 7.00. The van der Waals surface area contributed by atoms with Gasteiger partial charge in [-0.1, -0.05) is 13.0 Å². The molecule has 0 spiro atoms. The van der Waals surface area contributed by atoms with Crippen LogP contribution in [0.25, 0.3) is 23.0 Å². The number of amides is 1. The molecule has 0 unspecified atom stereocenters. The number of hydrogen-bond donors (Lipinski definition) is 1. The van der Waals surface area contributed by atoms with Crippen molar-refractivity contribution in [2.45, 2.75) is 32.7 Å². The fourth-order valence-electron chi connectivity index (χ4n) is 5.00. The first-order valence-corrected chi connectivity index (χ1v) is 12.9. The predicted molar refractivity (Wildman–Crippen MR) is 136 cm³/mol. The minimum absolute atomic E-state index is 0.00835. The van der Waals surface area contributed by atoms with Gasteiger partial charge in [0.2, 0.25) is 0 Å². The standard InChI is InChI=1S/C27H23FN4O4S/c1-3-17-11-21(26(33)31-8-6-22-18(14(31)2)7-9-37-22)29-23-12-20(30-32(17)23)19-5-4-15-10-16(27(34)35)13-36-25(15)24(19)28/h4-5,7,9-12,14H,3,6,8,13H2,1-2H3,(H,34,35)/t14-/m1/s1. The first-order valence-electron chi connectivity index (χ1n) is 12.0. The molecule has 3 aromatic heterocycles. The van der Waals surface area contributed by atoms with E-state index in [2.05, 4.69) is 21.5 Å². The van der Waals surface area contributed by atoms with Crippen LogP contribution in [0.1, 0.15) is 52.1 Å². The zero-order valence-electron chi connectivity index (χ0n) is 20.2. The van der Waals surface area contributed by atoms with Crippen LogP contribution in [0.5, 0.6) is 5.75 Å². The van der Waals surface area contributed by atoms with Gasteiger partial charge in [0.15, 0.2) is 17.2 Å². The number of fused-ring (bicyclic) bond motifs is 3. The van der Waals surface area contributed by atoms with Crippen molar-refractivity contribution in [1.29, 1.82) is 0 Å². The highest BCUT2D eigenvalue weighted by molar-refractivity contribution is 7.10. The highest BCUT2D eigenvalue weighted by atomic mass is 32.1. The van der Waals surface area contributed by atoms with E-state index in [1.165, 1.54) is 16.5 Å². The van der Waals surface area contributed by atoms with Crippen molar-refractivity contribution in [3.05, 3.63) is 74.5 Å². The lowest BCUT2D eigenvalue weighted by Gasteiger charge is -2.33. The normalized spacial score (nSPS) is 16.7. The van der Waals surface area contributed by atoms with E-state index in [1.54, 1.807) is 40.1 Å². The monoisotopic (exact) mass is 518 g/mol. The van der Waals surface area contributed by atoms with Crippen LogP contribution in [0.15, 0.2) is 41.3 Å². The number of hydrogen-bond acceptors (Lipinski definition) is 6. The van der Waals surface area contributed by atoms with Crippen molar-refractivity contribution >= 4 is 34.9 Å². The van der Waals surface area contributed by atoms with Gasteiger partial charge < -0.3 is 14.7 Å². The van der Waals surface area contributed by atoms with E-state index in [1.807, 2.05) is 18.7 Å². The van der Waals surface area contributed by atoms with Crippen molar-refractivity contribution in [1.82, 2.24) is 19.5 Å². The molecule has 5 heterocycles. The Morgan fingerprint density at radius 3 is 2.89 bits per heavy atom. The quantitative estimate of drug-likeness (QED) is 0.418. The van der Waals surface area contributed by atoms with Crippen molar-refractivity contribution in [2.75, 3.05) is 13.2 Å². The zero-order chi connectivity index (χ0) is 25.8. The summed E-state index contributed by atoms with van der Waals surface area (Å²) in [6, 6.07) is 8.61. The lowest BCUT2D eigenvalue weighted by molar-refractivity contribution is -0.133. The van der Waals surface area contributed by atoms with E-state index in [0.717, 1.165) is 12.1 Å². The Balaban J connectivity index is 1.38. The number of ether oxygens (including phenoxy) is 1. The zero-order valence-corrected chi connectivity index (χ0v) is 21.0. The first-order chi connectivity index (χ1) is 17.9. The van der Waals surface area contributed by atoms with Crippen LogP contribution in [0.3, 0.4) is 0 Å². The fourth-order valence-corrected chi connectivity index (χ4v) is 5.96. The van der Waals surface area contributed by atoms with Gasteiger partial charge in [-0.25, -0.2) is 18.7 Å². The third kappa shape index (κ3) is 3.79. The van der Waals surface area contributed by atoms with E-state index in [4.69, 9.17) is 4.74 Å². The average Bonchev–Trinajstić information content (AvgIpc) is 3.55. The van der Waals surface area contributed by atoms with Gasteiger partial charge in [0.25, 0.3) is 5.91 Å². The summed E-state index contributed by atoms with van der Waals surface area (Å²) in [6.45, 7) is 4.41. The number of carbonyl (C=O) groups is 2. The first kappa shape index (κ1) is 23.4. The molecule has 2 aliphatic heterocycles. The highest BCUT2D eigenvalue weighted by Crippen LogP contribution is 2.36. The van der Waals surface area contributed by atoms with E-state index >= 15 is 4.39 Å². The number of rotatable bonds is 4. The summed E-state index contributed by atoms with van der Waals surface area (Å²) in [5.41, 5.74) is 3.72. The molecule has 0 fully saturated rings. The summed E-state index contributed by atoms with van der Waals surface area (Å²) in [5.74, 6) is -1.87. The smallest absolute Gasteiger partial charge is 0.335 e. The molecular weight excluding hydrogens is 495 g/mol. The van der Waals surface area contributed by atoms with Crippen molar-refractivity contribution in [3.8, 4) is 17.0 Å². The van der Waals surface area contributed by atoms with E-state index in [-0.39, 0.29) is 35.4 Å². The Morgan fingerprint density at radius 1 is 1.27 bits per heavy atom. The second-order valence-corrected chi connectivity index (χ2v) is 10.1. The van der Waals surface area contributed by atoms with Gasteiger partial charge in [-0.15, -0.1) is 11.3 Å². The number of benzene rings is 1. The molecule has 10 heteroatoms. The molecule has 1 N–H and O–H groups in total. The summed E-state index contributed by atoms with van der Waals surface area (Å²) in [5, 5.41) is 15.8. The van der Waals surface area contributed by atoms with Crippen LogP contribution in [0.2, 0.25) is 0 Å². The largest absolute Gasteiger partial charge is 0.485 e. The highest BCUT2D eigenvalue weighted by Gasteiger charge is 2.30. The van der Waals surface area contributed by atoms with Crippen LogP contribution in [0.4, 0.5) is 4.39 Å². The van der Waals surface area contributed by atoms with E-state index in [0.29, 0.717) is 35.6 Å². The number of aryl methyl sites for hydroxylation is 1. The van der Waals surface area contributed by atoms with Gasteiger partial charge in [0, 0.05) is 34.3 Å². The van der Waals surface area contributed by atoms with Crippen molar-refractivity contribution in [3.63, 3.8) is 0 Å². The second kappa shape index (κ2) is 8.81. The van der Waals surface area contributed by atoms with Crippen LogP contribution in [0, 0.1) is 5.82 Å². The molecule has 0 saturated carbocycles. The van der Waals surface area contributed by atoms with Crippen LogP contribution in [-0.2, 0) is 17.6 Å². The predicted octanol–water partition coefficient (Wildman–Crippen LogP) is 4.78. The topological polar surface area (TPSA) is 97.0 Å². The molecule has 37 heavy (non-hydrogen) atoms. The maximum absolute atomic E-state index is 15.4. The summed E-state index contributed by atoms with van der Waals surface area (Å²) >= 11 is 1.72. The molecule has 0 bridgehead atoms. The summed E-state index contributed by atoms with van der Waals surface area (Å²) in [4.78, 5) is 32.6. The number of carboxylic acids is 1. The molecule has 0 radical (unpaired) electrons. The maximum atomic E-state index is 15.4. The number of nitrogens with zero attached hydrogens (tertiary/aromatic N) is 4. The molecule has 4 aromatic rings. The maximum Gasteiger partial charge on any atom is 0.335 e. The molecule has 0 aliphatic carbocycles. The van der Waals surface area contributed by atoms with Crippen LogP contribution < -0.4 is 4.74 Å². The SMILES string of the molecule is CCc1cc(C(=O)N2CCc3sccc3[C@H]2C)nc2cc(-c3ccc4c(c3F)OCC(C(=O)O)=C4)nn12. The molecule has 6 rings (SSSR count). The Bertz CT molecular complexity index is 1620. The van der Waals surface area contributed by atoms with Gasteiger partial charge in [0.05, 0.1) is 17.3 Å². The lowest BCUT2D eigenvalue weighted by atomic mass is 10.0. The summed E-state index contributed by atoms with van der Waals surface area (Å²) < 4.78 is 22.5. The minimum atomic E-state index is -1.10. The van der Waals surface area contributed by atoms with Gasteiger partial charge >= 0.3 is 5.97 Å². The number of carbonyl (C=O) groups excluding carboxylic acids is 1. The third-order valence-corrected chi connectivity index (χ3v) is 8.00. The molecule has 1 amide bonds. The molecule has 0 saturated heterocycles. The lowest BCUT2D eigenvalue weighted by Crippen LogP contribution is -2.38. The number of halogens is 1. The summed E-state index contributed by atoms with van der Waals surface area (Å²) in [7, 11) is 0. The Morgan fingerprint density at radius 2 is 2.11 bits per heavy atom.